The van der Waals surface area contributed by atoms with E-state index in [4.69, 9.17) is 85.3 Å². The smallest absolute Gasteiger partial charge is 0.331 e. The number of hydrogen-bond donors (Lipinski definition) is 8. The molecule has 119 heavy (non-hydrogen) atoms. The van der Waals surface area contributed by atoms with Gasteiger partial charge in [0.25, 0.3) is 0 Å². The summed E-state index contributed by atoms with van der Waals surface area (Å²) in [5.74, 6) is -5.50. The van der Waals surface area contributed by atoms with Gasteiger partial charge in [0.15, 0.2) is 12.6 Å². The van der Waals surface area contributed by atoms with E-state index in [0.29, 0.717) is 75.4 Å². The molecule has 7 rings (SSSR count). The maximum Gasteiger partial charge on any atom is 0.331 e. The molecule has 4 saturated heterocycles. The predicted molar refractivity (Wildman–Crippen MR) is 445 cm³/mol. The fraction of sp³-hybridized carbons (Fsp3) is 0.846. The second-order valence-electron chi connectivity index (χ2n) is 35.4. The van der Waals surface area contributed by atoms with Gasteiger partial charge in [-0.15, -0.1) is 0 Å². The van der Waals surface area contributed by atoms with Gasteiger partial charge in [0.2, 0.25) is 0 Å². The van der Waals surface area contributed by atoms with Crippen LogP contribution >= 0.6 is 0 Å². The van der Waals surface area contributed by atoms with E-state index in [1.165, 1.54) is 40.6 Å². The molecule has 4 fully saturated rings. The molecular formula is C91H154O28. The molecule has 0 unspecified atom stereocenters. The zero-order valence-electron chi connectivity index (χ0n) is 74.7. The van der Waals surface area contributed by atoms with Crippen LogP contribution in [0, 0.1) is 41.4 Å². The molecule has 0 radical (unpaired) electrons. The number of carbonyl (C=O) groups is 2. The lowest BCUT2D eigenvalue weighted by atomic mass is 9.78. The Morgan fingerprint density at radius 2 is 0.807 bits per heavy atom. The van der Waals surface area contributed by atoms with Crippen LogP contribution in [0.3, 0.4) is 0 Å². The lowest BCUT2D eigenvalue weighted by Gasteiger charge is -2.40. The van der Waals surface area contributed by atoms with Gasteiger partial charge in [-0.25, -0.2) is 9.59 Å². The Balaban J connectivity index is 1.19. The zero-order chi connectivity index (χ0) is 87.3. The van der Waals surface area contributed by atoms with Crippen molar-refractivity contribution in [3.05, 3.63) is 71.9 Å². The molecule has 28 nitrogen and oxygen atoms in total. The van der Waals surface area contributed by atoms with Crippen molar-refractivity contribution < 1.29 is 136 Å². The van der Waals surface area contributed by atoms with Crippen molar-refractivity contribution in [2.45, 2.75) is 382 Å². The normalized spacial score (nSPS) is 41.9. The van der Waals surface area contributed by atoms with Gasteiger partial charge in [-0.2, -0.15) is 0 Å². The van der Waals surface area contributed by atoms with E-state index in [9.17, 15) is 50.4 Å². The Hall–Kier alpha value is -3.58. The first kappa shape index (κ1) is 102. The van der Waals surface area contributed by atoms with Gasteiger partial charge in [0, 0.05) is 124 Å². The third-order valence-corrected chi connectivity index (χ3v) is 26.2. The first-order valence-corrected chi connectivity index (χ1v) is 44.0. The molecule has 7 aliphatic rings. The fourth-order valence-electron chi connectivity index (χ4n) is 18.5. The molecule has 0 amide bonds. The number of allylic oxidation sites excluding steroid dienone is 4. The lowest BCUT2D eigenvalue weighted by molar-refractivity contribution is -0.293. The van der Waals surface area contributed by atoms with E-state index in [2.05, 4.69) is 0 Å². The lowest BCUT2D eigenvalue weighted by Crippen LogP contribution is -2.56. The Morgan fingerprint density at radius 3 is 1.21 bits per heavy atom. The van der Waals surface area contributed by atoms with Crippen molar-refractivity contribution in [3.8, 4) is 0 Å². The quantitative estimate of drug-likeness (QED) is 0.0329. The summed E-state index contributed by atoms with van der Waals surface area (Å²) in [7, 11) is 12.5. The molecule has 8 N–H and O–H groups in total. The summed E-state index contributed by atoms with van der Waals surface area (Å²) < 4.78 is 111. The topological polar surface area (TPSA) is 362 Å². The van der Waals surface area contributed by atoms with E-state index in [1.807, 2.05) is 98.8 Å². The monoisotopic (exact) mass is 1700 g/mol. The summed E-state index contributed by atoms with van der Waals surface area (Å²) in [5, 5.41) is 95.0. The van der Waals surface area contributed by atoms with E-state index >= 15 is 0 Å². The number of fused-ring (bicyclic) bond motifs is 4. The van der Waals surface area contributed by atoms with Crippen LogP contribution in [0.15, 0.2) is 71.9 Å². The Bertz CT molecular complexity index is 3080. The largest absolute Gasteiger partial charge is 0.458 e. The number of ether oxygens (including phenoxy) is 18. The summed E-state index contributed by atoms with van der Waals surface area (Å²) in [5.41, 5.74) is 1.34. The Labute approximate surface area is 709 Å². The van der Waals surface area contributed by atoms with Gasteiger partial charge in [-0.05, 0) is 136 Å². The minimum absolute atomic E-state index is 0.0181. The highest BCUT2D eigenvalue weighted by Crippen LogP contribution is 2.38. The van der Waals surface area contributed by atoms with Gasteiger partial charge in [0.1, 0.15) is 48.8 Å². The van der Waals surface area contributed by atoms with E-state index in [1.54, 1.807) is 54.4 Å². The van der Waals surface area contributed by atoms with Crippen molar-refractivity contribution in [2.24, 2.45) is 41.4 Å². The van der Waals surface area contributed by atoms with E-state index in [0.717, 1.165) is 25.7 Å². The number of rotatable bonds is 24. The molecule has 0 saturated carbocycles. The minimum Gasteiger partial charge on any atom is -0.458 e. The average Bonchev–Trinajstić information content (AvgIpc) is 0.892. The SMILES string of the molecule is CO[C@@H]1C[C@@H](O)C[C@@H](O)[C@H](C)[C@@H]([C@@H](C)[C@@H](O)[C@@H](C)CC[C@H]2C[C@H](OC)C[C@H](C)O2)OC(=O)/C=C/C(C)=C/C[C@H](O[C@@H]2OC[C@@H](O)[C@H](OC)[C@@H]2OC)C[C@@H]2C=CC[C@@H](C[C@H](OC)[C@@H](C)[C@@H](O)C[C@@H](O)[C@H](C)[C@@H]([C@@H](C)[C@@H](O)[C@@H](C)CC[C@H]3C[C@H](OC)C[C@H](C)O3)OC(=O)/C=C/C(C)=C/C[C@H](O[C@H]3OC[C@H](O)[C@@H](OC)[C@H]3OC)C[C@@H]3C=CC[C@@H](C1)O3)O2. The molecule has 4 bridgehead atoms. The van der Waals surface area contributed by atoms with Gasteiger partial charge < -0.3 is 126 Å². The predicted octanol–water partition coefficient (Wildman–Crippen LogP) is 9.41. The standard InChI is InChI=1S/C91H154O28/c1-51-26-32-69(116-90-88(108-18)86(106-16)77(96)49-110-90)42-63-22-20-24-65(114-63)44-73(104-14)40-62(92)41-74(93)58(8)84(60(10)82(100)53(3)30-34-67-45-71(102-12)38-55(5)112-67)118-80(98)36-28-52(2)27-33-70(117-91-89(109-19)87(107-17)78(97)50-111-91)43-64-23-21-25-66(115-64)47-79(105-15)57(7)75(94)48-76(95)59(9)85(119-81(99)37-29-51)61(11)83(101)54(4)31-35-68-46-72(103-13)39-56(6)113-68/h20-23,26-29,36-37,53-79,82-97,100-101H,24-25,30-35,38-50H2,1-19H3/b36-28+,37-29+,51-26+,52-27+/t53-,54-,55-,56-,57-,58-,59-,60-,61-,62+,63-,64-,65-,66-,67-,68-,69-,70-,71+,72+,73+,74+,75-,76+,77-,78+,79-,82-,83-,84-,85-,86+,87-,88+,89-,90+,91-/m0/s1. The van der Waals surface area contributed by atoms with Crippen molar-refractivity contribution in [2.75, 3.05) is 70.1 Å². The zero-order valence-corrected chi connectivity index (χ0v) is 74.7. The molecule has 28 heteroatoms. The summed E-state index contributed by atoms with van der Waals surface area (Å²) >= 11 is 0. The molecule has 0 spiro atoms. The number of hydrogen-bond acceptors (Lipinski definition) is 28. The second-order valence-corrected chi connectivity index (χ2v) is 35.4. The molecule has 0 aromatic heterocycles. The molecule has 37 atom stereocenters. The molecule has 7 aliphatic heterocycles. The average molecular weight is 1700 g/mol. The van der Waals surface area contributed by atoms with E-state index < -0.39 is 182 Å². The first-order chi connectivity index (χ1) is 56.7. The van der Waals surface area contributed by atoms with Crippen LogP contribution in [0.5, 0.6) is 0 Å². The highest BCUT2D eigenvalue weighted by molar-refractivity contribution is 5.83. The van der Waals surface area contributed by atoms with Crippen LogP contribution in [-0.4, -0.2) is 306 Å². The third-order valence-electron chi connectivity index (χ3n) is 26.2. The molecule has 0 aromatic rings. The molecular weight excluding hydrogens is 1540 g/mol. The molecule has 7 heterocycles. The Morgan fingerprint density at radius 1 is 0.412 bits per heavy atom. The van der Waals surface area contributed by atoms with Crippen LogP contribution in [0.1, 0.15) is 198 Å². The third kappa shape index (κ3) is 32.0. The van der Waals surface area contributed by atoms with Crippen molar-refractivity contribution >= 4 is 11.9 Å². The van der Waals surface area contributed by atoms with E-state index in [-0.39, 0.29) is 99.9 Å². The second kappa shape index (κ2) is 51.9. The number of esters is 2. The van der Waals surface area contributed by atoms with Gasteiger partial charge in [0.05, 0.1) is 135 Å². The van der Waals surface area contributed by atoms with Crippen LogP contribution in [0.4, 0.5) is 0 Å². The number of carbonyl (C=O) groups excluding carboxylic acids is 2. The van der Waals surface area contributed by atoms with Gasteiger partial charge in [-0.1, -0.05) is 108 Å². The van der Waals surface area contributed by atoms with Gasteiger partial charge in [-0.3, -0.25) is 0 Å². The summed E-state index contributed by atoms with van der Waals surface area (Å²) in [6.07, 6.45) is 6.46. The van der Waals surface area contributed by atoms with Crippen LogP contribution in [0.25, 0.3) is 0 Å². The number of aliphatic hydroxyl groups excluding tert-OH is 8. The van der Waals surface area contributed by atoms with Crippen LogP contribution in [-0.2, 0) is 94.9 Å². The summed E-state index contributed by atoms with van der Waals surface area (Å²) in [6.45, 7) is 20.5. The van der Waals surface area contributed by atoms with Crippen LogP contribution in [0.2, 0.25) is 0 Å². The van der Waals surface area contributed by atoms with Crippen molar-refractivity contribution in [3.63, 3.8) is 0 Å². The van der Waals surface area contributed by atoms with Gasteiger partial charge >= 0.3 is 11.9 Å². The number of methoxy groups -OCH3 is 8. The minimum atomic E-state index is -1.23. The number of cyclic esters (lactones) is 2. The maximum atomic E-state index is 14.4. The highest BCUT2D eigenvalue weighted by atomic mass is 16.7. The van der Waals surface area contributed by atoms with Crippen LogP contribution < -0.4 is 0 Å². The molecule has 0 aliphatic carbocycles. The molecule has 686 valence electrons. The summed E-state index contributed by atoms with van der Waals surface area (Å²) in [4.78, 5) is 28.8. The fourth-order valence-corrected chi connectivity index (χ4v) is 18.5. The number of aliphatic hydroxyl groups is 8. The summed E-state index contributed by atoms with van der Waals surface area (Å²) in [6, 6.07) is 0. The van der Waals surface area contributed by atoms with Crippen molar-refractivity contribution in [1.29, 1.82) is 0 Å². The highest BCUT2D eigenvalue weighted by Gasteiger charge is 2.47. The van der Waals surface area contributed by atoms with Crippen molar-refractivity contribution in [1.82, 2.24) is 0 Å². The molecule has 0 aromatic carbocycles. The Kier molecular flexibility index (Phi) is 44.7. The first-order valence-electron chi connectivity index (χ1n) is 44.0. The maximum absolute atomic E-state index is 14.4.